The maximum absolute atomic E-state index is 8.81. The summed E-state index contributed by atoms with van der Waals surface area (Å²) in [7, 11) is 2.11. The van der Waals surface area contributed by atoms with Crippen LogP contribution in [0.1, 0.15) is 18.9 Å². The highest BCUT2D eigenvalue weighted by molar-refractivity contribution is 5.74. The zero-order chi connectivity index (χ0) is 10.8. The summed E-state index contributed by atoms with van der Waals surface area (Å²) < 4.78 is 0. The Labute approximate surface area is 90.3 Å². The van der Waals surface area contributed by atoms with Gasteiger partial charge >= 0.3 is 0 Å². The first kappa shape index (κ1) is 9.85. The molecule has 1 aromatic rings. The van der Waals surface area contributed by atoms with Crippen molar-refractivity contribution in [1.29, 1.82) is 5.26 Å². The van der Waals surface area contributed by atoms with Crippen LogP contribution in [-0.4, -0.2) is 19.6 Å². The van der Waals surface area contributed by atoms with Crippen LogP contribution in [0.3, 0.4) is 0 Å². The van der Waals surface area contributed by atoms with E-state index in [4.69, 9.17) is 5.26 Å². The SMILES string of the molecule is CCC1CNc2cc(C#N)ccc2N1C. The van der Waals surface area contributed by atoms with Gasteiger partial charge in [-0.25, -0.2) is 0 Å². The van der Waals surface area contributed by atoms with Crippen LogP contribution >= 0.6 is 0 Å². The standard InChI is InChI=1S/C12H15N3/c1-3-10-8-14-11-6-9(7-13)4-5-12(11)15(10)2/h4-6,10,14H,3,8H2,1-2H3. The van der Waals surface area contributed by atoms with Crippen LogP contribution in [-0.2, 0) is 0 Å². The molecule has 0 aromatic heterocycles. The summed E-state index contributed by atoms with van der Waals surface area (Å²) in [4.78, 5) is 2.28. The molecule has 1 aliphatic heterocycles. The third kappa shape index (κ3) is 1.63. The minimum atomic E-state index is 0.547. The molecule has 0 spiro atoms. The van der Waals surface area contributed by atoms with Gasteiger partial charge in [-0.1, -0.05) is 6.92 Å². The molecule has 1 heterocycles. The molecule has 0 aliphatic carbocycles. The van der Waals surface area contributed by atoms with Gasteiger partial charge in [0, 0.05) is 19.6 Å². The minimum Gasteiger partial charge on any atom is -0.381 e. The molecule has 0 fully saturated rings. The van der Waals surface area contributed by atoms with E-state index in [1.165, 1.54) is 5.69 Å². The van der Waals surface area contributed by atoms with E-state index in [1.54, 1.807) is 0 Å². The van der Waals surface area contributed by atoms with Crippen molar-refractivity contribution in [2.75, 3.05) is 23.8 Å². The number of nitriles is 1. The Morgan fingerprint density at radius 3 is 3.07 bits per heavy atom. The molecule has 0 saturated heterocycles. The van der Waals surface area contributed by atoms with Crippen molar-refractivity contribution < 1.29 is 0 Å². The van der Waals surface area contributed by atoms with Crippen molar-refractivity contribution in [3.8, 4) is 6.07 Å². The quantitative estimate of drug-likeness (QED) is 0.757. The summed E-state index contributed by atoms with van der Waals surface area (Å²) in [5.41, 5.74) is 2.97. The van der Waals surface area contributed by atoms with Crippen LogP contribution in [0.5, 0.6) is 0 Å². The second-order valence-corrected chi connectivity index (χ2v) is 3.90. The fraction of sp³-hybridized carbons (Fsp3) is 0.417. The van der Waals surface area contributed by atoms with E-state index in [9.17, 15) is 0 Å². The van der Waals surface area contributed by atoms with Crippen LogP contribution in [0.15, 0.2) is 18.2 Å². The maximum Gasteiger partial charge on any atom is 0.0992 e. The van der Waals surface area contributed by atoms with Crippen molar-refractivity contribution in [3.63, 3.8) is 0 Å². The second-order valence-electron chi connectivity index (χ2n) is 3.90. The Bertz CT molecular complexity index is 406. The lowest BCUT2D eigenvalue weighted by Gasteiger charge is -2.36. The molecular weight excluding hydrogens is 186 g/mol. The van der Waals surface area contributed by atoms with Gasteiger partial charge in [0.15, 0.2) is 0 Å². The lowest BCUT2D eigenvalue weighted by Crippen LogP contribution is -2.40. The van der Waals surface area contributed by atoms with Crippen molar-refractivity contribution in [3.05, 3.63) is 23.8 Å². The number of nitrogens with zero attached hydrogens (tertiary/aromatic N) is 2. The highest BCUT2D eigenvalue weighted by atomic mass is 15.2. The van der Waals surface area contributed by atoms with Crippen molar-refractivity contribution in [2.24, 2.45) is 0 Å². The normalized spacial score (nSPS) is 19.0. The molecule has 1 unspecified atom stereocenters. The Morgan fingerprint density at radius 1 is 1.60 bits per heavy atom. The van der Waals surface area contributed by atoms with E-state index in [0.29, 0.717) is 11.6 Å². The fourth-order valence-corrected chi connectivity index (χ4v) is 2.03. The number of fused-ring (bicyclic) bond motifs is 1. The number of likely N-dealkylation sites (N-methyl/N-ethyl adjacent to an activating group) is 1. The van der Waals surface area contributed by atoms with Gasteiger partial charge in [-0.2, -0.15) is 5.26 Å². The Balaban J connectivity index is 2.38. The molecule has 0 amide bonds. The van der Waals surface area contributed by atoms with Gasteiger partial charge in [0.2, 0.25) is 0 Å². The van der Waals surface area contributed by atoms with E-state index in [2.05, 4.69) is 30.3 Å². The van der Waals surface area contributed by atoms with Crippen LogP contribution in [0.25, 0.3) is 0 Å². The summed E-state index contributed by atoms with van der Waals surface area (Å²) >= 11 is 0. The molecule has 2 rings (SSSR count). The van der Waals surface area contributed by atoms with Crippen LogP contribution < -0.4 is 10.2 Å². The highest BCUT2D eigenvalue weighted by Gasteiger charge is 2.21. The molecule has 0 bridgehead atoms. The predicted molar refractivity (Wildman–Crippen MR) is 62.1 cm³/mol. The predicted octanol–water partition coefficient (Wildman–Crippen LogP) is 2.20. The molecule has 15 heavy (non-hydrogen) atoms. The van der Waals surface area contributed by atoms with Gasteiger partial charge in [-0.15, -0.1) is 0 Å². The molecule has 1 N–H and O–H groups in total. The first-order valence-corrected chi connectivity index (χ1v) is 5.27. The Hall–Kier alpha value is -1.69. The van der Waals surface area contributed by atoms with Gasteiger partial charge in [0.05, 0.1) is 23.0 Å². The van der Waals surface area contributed by atoms with Gasteiger partial charge in [-0.3, -0.25) is 0 Å². The average Bonchev–Trinajstić information content (AvgIpc) is 2.29. The van der Waals surface area contributed by atoms with Crippen LogP contribution in [0, 0.1) is 11.3 Å². The largest absolute Gasteiger partial charge is 0.381 e. The maximum atomic E-state index is 8.81. The summed E-state index contributed by atoms with van der Waals surface area (Å²) in [5, 5.41) is 12.2. The molecule has 1 atom stereocenters. The number of anilines is 2. The smallest absolute Gasteiger partial charge is 0.0992 e. The van der Waals surface area contributed by atoms with E-state index in [0.717, 1.165) is 18.7 Å². The summed E-state index contributed by atoms with van der Waals surface area (Å²) in [6.07, 6.45) is 1.13. The highest BCUT2D eigenvalue weighted by Crippen LogP contribution is 2.31. The zero-order valence-corrected chi connectivity index (χ0v) is 9.12. The monoisotopic (exact) mass is 201 g/mol. The number of benzene rings is 1. The van der Waals surface area contributed by atoms with Gasteiger partial charge in [-0.05, 0) is 24.6 Å². The third-order valence-corrected chi connectivity index (χ3v) is 3.05. The molecule has 78 valence electrons. The second kappa shape index (κ2) is 3.82. The lowest BCUT2D eigenvalue weighted by molar-refractivity contribution is 0.622. The minimum absolute atomic E-state index is 0.547. The summed E-state index contributed by atoms with van der Waals surface area (Å²) in [5.74, 6) is 0. The molecular formula is C12H15N3. The first-order valence-electron chi connectivity index (χ1n) is 5.27. The molecule has 1 aromatic carbocycles. The third-order valence-electron chi connectivity index (χ3n) is 3.05. The van der Waals surface area contributed by atoms with E-state index in [1.807, 2.05) is 18.2 Å². The number of hydrogen-bond donors (Lipinski definition) is 1. The summed E-state index contributed by atoms with van der Waals surface area (Å²) in [6, 6.07) is 8.51. The Morgan fingerprint density at radius 2 is 2.40 bits per heavy atom. The fourth-order valence-electron chi connectivity index (χ4n) is 2.03. The van der Waals surface area contributed by atoms with Gasteiger partial charge in [0.25, 0.3) is 0 Å². The lowest BCUT2D eigenvalue weighted by atomic mass is 10.1. The number of rotatable bonds is 1. The molecule has 3 nitrogen and oxygen atoms in total. The number of nitrogens with one attached hydrogen (secondary N) is 1. The number of hydrogen-bond acceptors (Lipinski definition) is 3. The molecule has 3 heteroatoms. The van der Waals surface area contributed by atoms with Crippen molar-refractivity contribution in [1.82, 2.24) is 0 Å². The van der Waals surface area contributed by atoms with Crippen molar-refractivity contribution >= 4 is 11.4 Å². The summed E-state index contributed by atoms with van der Waals surface area (Å²) in [6.45, 7) is 3.15. The van der Waals surface area contributed by atoms with Crippen LogP contribution in [0.2, 0.25) is 0 Å². The Kier molecular flexibility index (Phi) is 2.51. The zero-order valence-electron chi connectivity index (χ0n) is 9.12. The van der Waals surface area contributed by atoms with Gasteiger partial charge in [0.1, 0.15) is 0 Å². The van der Waals surface area contributed by atoms with Crippen LogP contribution in [0.4, 0.5) is 11.4 Å². The van der Waals surface area contributed by atoms with E-state index < -0.39 is 0 Å². The molecule has 0 saturated carbocycles. The van der Waals surface area contributed by atoms with Gasteiger partial charge < -0.3 is 10.2 Å². The van der Waals surface area contributed by atoms with E-state index in [-0.39, 0.29) is 0 Å². The molecule has 1 aliphatic rings. The molecule has 0 radical (unpaired) electrons. The first-order chi connectivity index (χ1) is 7.26. The average molecular weight is 201 g/mol. The van der Waals surface area contributed by atoms with E-state index >= 15 is 0 Å². The van der Waals surface area contributed by atoms with Crippen molar-refractivity contribution in [2.45, 2.75) is 19.4 Å². The topological polar surface area (TPSA) is 39.1 Å².